The molecule has 0 saturated carbocycles. The molecule has 0 aliphatic heterocycles. The molecule has 2 rings (SSSR count). The quantitative estimate of drug-likeness (QED) is 0.820. The Hall–Kier alpha value is -2.82. The molecule has 126 valence electrons. The van der Waals surface area contributed by atoms with Crippen LogP contribution in [0.4, 0.5) is 4.79 Å². The Morgan fingerprint density at radius 2 is 1.54 bits per heavy atom. The zero-order chi connectivity index (χ0) is 17.4. The molecule has 0 spiro atoms. The third kappa shape index (κ3) is 5.43. The first-order valence-corrected chi connectivity index (χ1v) is 7.99. The molecular formula is C19H23N3O2. The molecule has 5 nitrogen and oxygen atoms in total. The maximum atomic E-state index is 12.7. The topological polar surface area (TPSA) is 75.4 Å². The van der Waals surface area contributed by atoms with Gasteiger partial charge in [-0.1, -0.05) is 60.7 Å². The summed E-state index contributed by atoms with van der Waals surface area (Å²) >= 11 is 0. The number of nitrogens with two attached hydrogens (primary N) is 1. The van der Waals surface area contributed by atoms with Crippen LogP contribution < -0.4 is 11.1 Å². The number of carbonyl (C=O) groups excluding carboxylic acids is 2. The first-order chi connectivity index (χ1) is 11.6. The van der Waals surface area contributed by atoms with E-state index in [0.29, 0.717) is 13.1 Å². The van der Waals surface area contributed by atoms with Gasteiger partial charge in [0.1, 0.15) is 6.04 Å². The van der Waals surface area contributed by atoms with Crippen LogP contribution in [-0.4, -0.2) is 29.4 Å². The van der Waals surface area contributed by atoms with Crippen LogP contribution in [0, 0.1) is 0 Å². The standard InChI is InChI=1S/C19H23N3O2/c1-15(21-19(20)24)18(23)22(14-17-10-6-3-7-11-17)13-12-16-8-4-2-5-9-16/h2-11,15H,12-14H2,1H3,(H3,20,21,24). The molecule has 0 fully saturated rings. The Labute approximate surface area is 142 Å². The molecule has 1 atom stereocenters. The second-order valence-electron chi connectivity index (χ2n) is 5.71. The van der Waals surface area contributed by atoms with Crippen LogP contribution in [0.3, 0.4) is 0 Å². The van der Waals surface area contributed by atoms with Crippen molar-refractivity contribution in [3.05, 3.63) is 71.8 Å². The highest BCUT2D eigenvalue weighted by molar-refractivity contribution is 5.86. The van der Waals surface area contributed by atoms with E-state index in [2.05, 4.69) is 5.32 Å². The highest BCUT2D eigenvalue weighted by Crippen LogP contribution is 2.09. The van der Waals surface area contributed by atoms with Gasteiger partial charge in [0, 0.05) is 13.1 Å². The van der Waals surface area contributed by atoms with Crippen molar-refractivity contribution in [3.8, 4) is 0 Å². The minimum absolute atomic E-state index is 0.145. The van der Waals surface area contributed by atoms with Gasteiger partial charge >= 0.3 is 6.03 Å². The van der Waals surface area contributed by atoms with Crippen molar-refractivity contribution in [2.75, 3.05) is 6.54 Å². The van der Waals surface area contributed by atoms with Crippen LogP contribution in [0.25, 0.3) is 0 Å². The highest BCUT2D eigenvalue weighted by Gasteiger charge is 2.21. The summed E-state index contributed by atoms with van der Waals surface area (Å²) < 4.78 is 0. The van der Waals surface area contributed by atoms with Gasteiger partial charge in [-0.15, -0.1) is 0 Å². The molecule has 0 saturated heterocycles. The minimum atomic E-state index is -0.696. The average molecular weight is 325 g/mol. The number of hydrogen-bond donors (Lipinski definition) is 2. The van der Waals surface area contributed by atoms with E-state index < -0.39 is 12.1 Å². The number of hydrogen-bond acceptors (Lipinski definition) is 2. The SMILES string of the molecule is CC(NC(N)=O)C(=O)N(CCc1ccccc1)Cc1ccccc1. The molecule has 2 aromatic carbocycles. The Morgan fingerprint density at radius 3 is 2.08 bits per heavy atom. The number of primary amides is 1. The lowest BCUT2D eigenvalue weighted by molar-refractivity contribution is -0.133. The fourth-order valence-electron chi connectivity index (χ4n) is 2.53. The molecule has 0 aliphatic carbocycles. The molecule has 0 radical (unpaired) electrons. The summed E-state index contributed by atoms with van der Waals surface area (Å²) in [5.41, 5.74) is 7.34. The summed E-state index contributed by atoms with van der Waals surface area (Å²) in [5, 5.41) is 2.45. The van der Waals surface area contributed by atoms with E-state index in [1.807, 2.05) is 60.7 Å². The van der Waals surface area contributed by atoms with Crippen LogP contribution in [0.15, 0.2) is 60.7 Å². The number of rotatable bonds is 7. The molecule has 3 amide bonds. The van der Waals surface area contributed by atoms with Crippen molar-refractivity contribution >= 4 is 11.9 Å². The number of carbonyl (C=O) groups is 2. The molecule has 5 heteroatoms. The lowest BCUT2D eigenvalue weighted by atomic mass is 10.1. The second-order valence-corrected chi connectivity index (χ2v) is 5.71. The van der Waals surface area contributed by atoms with E-state index in [9.17, 15) is 9.59 Å². The van der Waals surface area contributed by atoms with Gasteiger partial charge in [-0.25, -0.2) is 4.79 Å². The van der Waals surface area contributed by atoms with Crippen LogP contribution in [-0.2, 0) is 17.8 Å². The smallest absolute Gasteiger partial charge is 0.312 e. The second kappa shape index (κ2) is 8.72. The van der Waals surface area contributed by atoms with Crippen molar-refractivity contribution < 1.29 is 9.59 Å². The lowest BCUT2D eigenvalue weighted by Crippen LogP contribution is -2.48. The molecule has 0 aromatic heterocycles. The minimum Gasteiger partial charge on any atom is -0.352 e. The van der Waals surface area contributed by atoms with Crippen LogP contribution >= 0.6 is 0 Å². The molecule has 0 aliphatic rings. The monoisotopic (exact) mass is 325 g/mol. The lowest BCUT2D eigenvalue weighted by Gasteiger charge is -2.26. The van der Waals surface area contributed by atoms with Gasteiger partial charge in [-0.2, -0.15) is 0 Å². The van der Waals surface area contributed by atoms with E-state index in [1.54, 1.807) is 11.8 Å². The van der Waals surface area contributed by atoms with Gasteiger partial charge in [0.2, 0.25) is 5.91 Å². The summed E-state index contributed by atoms with van der Waals surface area (Å²) in [6.45, 7) is 2.72. The largest absolute Gasteiger partial charge is 0.352 e. The van der Waals surface area contributed by atoms with Crippen molar-refractivity contribution in [1.29, 1.82) is 0 Å². The first-order valence-electron chi connectivity index (χ1n) is 7.99. The zero-order valence-electron chi connectivity index (χ0n) is 13.8. The van der Waals surface area contributed by atoms with Crippen molar-refractivity contribution in [2.45, 2.75) is 25.9 Å². The average Bonchev–Trinajstić information content (AvgIpc) is 2.59. The summed E-state index contributed by atoms with van der Waals surface area (Å²) in [4.78, 5) is 25.4. The molecule has 24 heavy (non-hydrogen) atoms. The summed E-state index contributed by atoms with van der Waals surface area (Å²) in [6.07, 6.45) is 0.753. The van der Waals surface area contributed by atoms with E-state index in [-0.39, 0.29) is 5.91 Å². The normalized spacial score (nSPS) is 11.5. The Balaban J connectivity index is 2.08. The summed E-state index contributed by atoms with van der Waals surface area (Å²) in [7, 11) is 0. The fraction of sp³-hybridized carbons (Fsp3) is 0.263. The van der Waals surface area contributed by atoms with Gasteiger partial charge in [0.15, 0.2) is 0 Å². The highest BCUT2D eigenvalue weighted by atomic mass is 16.2. The first kappa shape index (κ1) is 17.5. The Kier molecular flexibility index (Phi) is 6.37. The maximum absolute atomic E-state index is 12.7. The third-order valence-corrected chi connectivity index (χ3v) is 3.77. The molecule has 2 aromatic rings. The number of amides is 3. The van der Waals surface area contributed by atoms with Gasteiger partial charge < -0.3 is 16.0 Å². The summed E-state index contributed by atoms with van der Waals surface area (Å²) in [5.74, 6) is -0.145. The van der Waals surface area contributed by atoms with Gasteiger partial charge in [0.25, 0.3) is 0 Å². The summed E-state index contributed by atoms with van der Waals surface area (Å²) in [6, 6.07) is 18.5. The van der Waals surface area contributed by atoms with E-state index in [4.69, 9.17) is 5.73 Å². The fourth-order valence-corrected chi connectivity index (χ4v) is 2.53. The van der Waals surface area contributed by atoms with E-state index in [0.717, 1.165) is 12.0 Å². The zero-order valence-corrected chi connectivity index (χ0v) is 13.8. The van der Waals surface area contributed by atoms with Crippen LogP contribution in [0.5, 0.6) is 0 Å². The molecular weight excluding hydrogens is 302 g/mol. The number of nitrogens with zero attached hydrogens (tertiary/aromatic N) is 1. The number of benzene rings is 2. The van der Waals surface area contributed by atoms with E-state index in [1.165, 1.54) is 5.56 Å². The third-order valence-electron chi connectivity index (χ3n) is 3.77. The molecule has 0 heterocycles. The predicted octanol–water partition coefficient (Wildman–Crippen LogP) is 2.31. The molecule has 1 unspecified atom stereocenters. The van der Waals surface area contributed by atoms with Crippen LogP contribution in [0.1, 0.15) is 18.1 Å². The Bertz CT molecular complexity index is 659. The number of nitrogens with one attached hydrogen (secondary N) is 1. The number of urea groups is 1. The van der Waals surface area contributed by atoms with Crippen LogP contribution in [0.2, 0.25) is 0 Å². The Morgan fingerprint density at radius 1 is 1.00 bits per heavy atom. The van der Waals surface area contributed by atoms with Crippen molar-refractivity contribution in [3.63, 3.8) is 0 Å². The predicted molar refractivity (Wildman–Crippen MR) is 94.2 cm³/mol. The maximum Gasteiger partial charge on any atom is 0.312 e. The van der Waals surface area contributed by atoms with Gasteiger partial charge in [0.05, 0.1) is 0 Å². The van der Waals surface area contributed by atoms with Gasteiger partial charge in [-0.3, -0.25) is 4.79 Å². The molecule has 0 bridgehead atoms. The van der Waals surface area contributed by atoms with Crippen molar-refractivity contribution in [2.24, 2.45) is 5.73 Å². The van der Waals surface area contributed by atoms with Crippen molar-refractivity contribution in [1.82, 2.24) is 10.2 Å². The van der Waals surface area contributed by atoms with Gasteiger partial charge in [-0.05, 0) is 24.5 Å². The molecule has 3 N–H and O–H groups in total. The van der Waals surface area contributed by atoms with E-state index >= 15 is 0 Å².